The van der Waals surface area contributed by atoms with Crippen LogP contribution in [0.15, 0.2) is 18.2 Å². The molecule has 100 valence electrons. The Morgan fingerprint density at radius 3 is 2.22 bits per heavy atom. The van der Waals surface area contributed by atoms with Crippen LogP contribution < -0.4 is 14.8 Å². The topological polar surface area (TPSA) is 47.6 Å². The maximum absolute atomic E-state index is 11.2. The number of methoxy groups -OCH3 is 2. The minimum atomic E-state index is -0.0384. The standard InChI is InChI=1S/C14H21NO3/c1-9(2)14(15-10(3)16)11-6-7-12(17-4)13(8-11)18-5/h6-9,14H,1-5H3,(H,15,16). The van der Waals surface area contributed by atoms with Gasteiger partial charge in [-0.3, -0.25) is 4.79 Å². The van der Waals surface area contributed by atoms with Crippen molar-refractivity contribution >= 4 is 5.91 Å². The van der Waals surface area contributed by atoms with Crippen molar-refractivity contribution in [2.24, 2.45) is 5.92 Å². The highest BCUT2D eigenvalue weighted by atomic mass is 16.5. The quantitative estimate of drug-likeness (QED) is 0.874. The third-order valence-corrected chi connectivity index (χ3v) is 2.79. The number of ether oxygens (including phenoxy) is 2. The molecule has 0 spiro atoms. The van der Waals surface area contributed by atoms with Crippen LogP contribution >= 0.6 is 0 Å². The molecule has 1 aromatic carbocycles. The summed E-state index contributed by atoms with van der Waals surface area (Å²) in [6.45, 7) is 5.66. The van der Waals surface area contributed by atoms with Gasteiger partial charge >= 0.3 is 0 Å². The number of benzene rings is 1. The van der Waals surface area contributed by atoms with Gasteiger partial charge in [-0.15, -0.1) is 0 Å². The Balaban J connectivity index is 3.09. The van der Waals surface area contributed by atoms with Crippen LogP contribution in [0.1, 0.15) is 32.4 Å². The summed E-state index contributed by atoms with van der Waals surface area (Å²) in [6, 6.07) is 5.68. The van der Waals surface area contributed by atoms with Crippen LogP contribution in [-0.4, -0.2) is 20.1 Å². The lowest BCUT2D eigenvalue weighted by Gasteiger charge is -2.23. The third kappa shape index (κ3) is 3.39. The van der Waals surface area contributed by atoms with E-state index in [0.29, 0.717) is 17.4 Å². The predicted octanol–water partition coefficient (Wildman–Crippen LogP) is 2.54. The van der Waals surface area contributed by atoms with Gasteiger partial charge in [-0.2, -0.15) is 0 Å². The van der Waals surface area contributed by atoms with Crippen LogP contribution in [0.5, 0.6) is 11.5 Å². The molecule has 0 aromatic heterocycles. The Bertz CT molecular complexity index is 416. The zero-order valence-electron chi connectivity index (χ0n) is 11.6. The van der Waals surface area contributed by atoms with Crippen LogP contribution in [0.2, 0.25) is 0 Å². The Hall–Kier alpha value is -1.71. The molecule has 4 nitrogen and oxygen atoms in total. The first-order chi connectivity index (χ1) is 8.49. The molecule has 1 unspecified atom stereocenters. The average molecular weight is 251 g/mol. The van der Waals surface area contributed by atoms with Crippen molar-refractivity contribution in [3.8, 4) is 11.5 Å². The minimum absolute atomic E-state index is 0.0256. The van der Waals surface area contributed by atoms with Gasteiger partial charge in [-0.05, 0) is 23.6 Å². The first-order valence-corrected chi connectivity index (χ1v) is 5.98. The first-order valence-electron chi connectivity index (χ1n) is 5.98. The van der Waals surface area contributed by atoms with E-state index in [1.165, 1.54) is 6.92 Å². The summed E-state index contributed by atoms with van der Waals surface area (Å²) in [5, 5.41) is 2.95. The highest BCUT2D eigenvalue weighted by Crippen LogP contribution is 2.32. The molecule has 0 saturated carbocycles. The van der Waals surface area contributed by atoms with E-state index in [9.17, 15) is 4.79 Å². The molecule has 0 fully saturated rings. The van der Waals surface area contributed by atoms with Gasteiger partial charge in [0.15, 0.2) is 11.5 Å². The SMILES string of the molecule is COc1ccc(C(NC(C)=O)C(C)C)cc1OC. The van der Waals surface area contributed by atoms with Crippen LogP contribution in [0, 0.1) is 5.92 Å². The monoisotopic (exact) mass is 251 g/mol. The summed E-state index contributed by atoms with van der Waals surface area (Å²) in [6.07, 6.45) is 0. The molecule has 0 heterocycles. The Morgan fingerprint density at radius 1 is 1.17 bits per heavy atom. The van der Waals surface area contributed by atoms with Crippen molar-refractivity contribution < 1.29 is 14.3 Å². The van der Waals surface area contributed by atoms with Crippen molar-refractivity contribution in [2.75, 3.05) is 14.2 Å². The fourth-order valence-corrected chi connectivity index (χ4v) is 1.90. The number of hydrogen-bond acceptors (Lipinski definition) is 3. The molecule has 0 saturated heterocycles. The van der Waals surface area contributed by atoms with E-state index in [4.69, 9.17) is 9.47 Å². The second-order valence-electron chi connectivity index (χ2n) is 4.54. The summed E-state index contributed by atoms with van der Waals surface area (Å²) < 4.78 is 10.5. The molecule has 1 aromatic rings. The van der Waals surface area contributed by atoms with Gasteiger partial charge in [-0.1, -0.05) is 19.9 Å². The molecule has 4 heteroatoms. The Labute approximate surface area is 108 Å². The molecular weight excluding hydrogens is 230 g/mol. The lowest BCUT2D eigenvalue weighted by Crippen LogP contribution is -2.29. The number of hydrogen-bond donors (Lipinski definition) is 1. The van der Waals surface area contributed by atoms with Crippen molar-refractivity contribution in [3.63, 3.8) is 0 Å². The largest absolute Gasteiger partial charge is 0.493 e. The van der Waals surface area contributed by atoms with Gasteiger partial charge in [0.2, 0.25) is 5.91 Å². The molecule has 0 aliphatic rings. The number of amides is 1. The smallest absolute Gasteiger partial charge is 0.217 e. The predicted molar refractivity (Wildman–Crippen MR) is 70.9 cm³/mol. The molecule has 1 rings (SSSR count). The summed E-state index contributed by atoms with van der Waals surface area (Å²) in [4.78, 5) is 11.2. The van der Waals surface area contributed by atoms with Gasteiger partial charge in [0.1, 0.15) is 0 Å². The van der Waals surface area contributed by atoms with Crippen LogP contribution in [0.4, 0.5) is 0 Å². The van der Waals surface area contributed by atoms with Crippen molar-refractivity contribution in [1.82, 2.24) is 5.32 Å². The van der Waals surface area contributed by atoms with Gasteiger partial charge in [-0.25, -0.2) is 0 Å². The molecule has 0 radical (unpaired) electrons. The van der Waals surface area contributed by atoms with Crippen molar-refractivity contribution in [2.45, 2.75) is 26.8 Å². The number of carbonyl (C=O) groups excluding carboxylic acids is 1. The zero-order chi connectivity index (χ0) is 13.7. The van der Waals surface area contributed by atoms with Crippen LogP contribution in [0.25, 0.3) is 0 Å². The number of rotatable bonds is 5. The van der Waals surface area contributed by atoms with Gasteiger partial charge in [0, 0.05) is 6.92 Å². The summed E-state index contributed by atoms with van der Waals surface area (Å²) in [7, 11) is 3.20. The van der Waals surface area contributed by atoms with Crippen molar-refractivity contribution in [1.29, 1.82) is 0 Å². The average Bonchev–Trinajstić information content (AvgIpc) is 2.34. The normalized spacial score (nSPS) is 12.1. The maximum atomic E-state index is 11.2. The lowest BCUT2D eigenvalue weighted by molar-refractivity contribution is -0.120. The fourth-order valence-electron chi connectivity index (χ4n) is 1.90. The van der Waals surface area contributed by atoms with E-state index in [0.717, 1.165) is 5.56 Å². The number of nitrogens with one attached hydrogen (secondary N) is 1. The minimum Gasteiger partial charge on any atom is -0.493 e. The van der Waals surface area contributed by atoms with E-state index in [1.54, 1.807) is 14.2 Å². The van der Waals surface area contributed by atoms with Crippen LogP contribution in [0.3, 0.4) is 0 Å². The highest BCUT2D eigenvalue weighted by molar-refractivity contribution is 5.73. The fraction of sp³-hybridized carbons (Fsp3) is 0.500. The van der Waals surface area contributed by atoms with E-state index in [2.05, 4.69) is 19.2 Å². The van der Waals surface area contributed by atoms with Crippen LogP contribution in [-0.2, 0) is 4.79 Å². The molecular formula is C14H21NO3. The van der Waals surface area contributed by atoms with Crippen molar-refractivity contribution in [3.05, 3.63) is 23.8 Å². The molecule has 0 aliphatic carbocycles. The lowest BCUT2D eigenvalue weighted by atomic mass is 9.95. The second-order valence-corrected chi connectivity index (χ2v) is 4.54. The molecule has 0 aliphatic heterocycles. The highest BCUT2D eigenvalue weighted by Gasteiger charge is 2.18. The molecule has 1 atom stereocenters. The summed E-state index contributed by atoms with van der Waals surface area (Å²) >= 11 is 0. The zero-order valence-corrected chi connectivity index (χ0v) is 11.6. The molecule has 18 heavy (non-hydrogen) atoms. The Kier molecular flexibility index (Phi) is 5.01. The van der Waals surface area contributed by atoms with E-state index in [1.807, 2.05) is 18.2 Å². The summed E-state index contributed by atoms with van der Waals surface area (Å²) in [5.41, 5.74) is 1.01. The Morgan fingerprint density at radius 2 is 1.78 bits per heavy atom. The second kappa shape index (κ2) is 6.28. The number of carbonyl (C=O) groups is 1. The molecule has 0 bridgehead atoms. The van der Waals surface area contributed by atoms with E-state index >= 15 is 0 Å². The van der Waals surface area contributed by atoms with Gasteiger partial charge in [0.25, 0.3) is 0 Å². The van der Waals surface area contributed by atoms with Gasteiger partial charge < -0.3 is 14.8 Å². The molecule has 1 amide bonds. The molecule has 1 N–H and O–H groups in total. The van der Waals surface area contributed by atoms with E-state index < -0.39 is 0 Å². The first kappa shape index (κ1) is 14.4. The maximum Gasteiger partial charge on any atom is 0.217 e. The van der Waals surface area contributed by atoms with E-state index in [-0.39, 0.29) is 11.9 Å². The third-order valence-electron chi connectivity index (χ3n) is 2.79. The van der Waals surface area contributed by atoms with Gasteiger partial charge in [0.05, 0.1) is 20.3 Å². The summed E-state index contributed by atoms with van der Waals surface area (Å²) in [5.74, 6) is 1.62.